The Hall–Kier alpha value is -2.06. The maximum Gasteiger partial charge on any atom is 0.352 e. The van der Waals surface area contributed by atoms with Gasteiger partial charge in [0.2, 0.25) is 5.91 Å². The standard InChI is InChI=1S/C16H19N3O4S/c1-8-7-10(16(22)23)19-14(21)12(15(19)24-8)18-13(20)11(17)9-5-3-2-4-6-9/h2-3,6-8,11-12,15H,4-5,17H2,1H3,(H,18,20)(H,22,23)/t8?,11?,12?,15-/m0/s1. The van der Waals surface area contributed by atoms with Crippen LogP contribution < -0.4 is 11.1 Å². The topological polar surface area (TPSA) is 113 Å². The number of carboxylic acids is 1. The number of aliphatic carboxylic acids is 1. The van der Waals surface area contributed by atoms with E-state index in [1.165, 1.54) is 16.7 Å². The molecule has 128 valence electrons. The second-order valence-corrected chi connectivity index (χ2v) is 7.45. The van der Waals surface area contributed by atoms with Gasteiger partial charge in [-0.1, -0.05) is 18.2 Å². The van der Waals surface area contributed by atoms with E-state index in [9.17, 15) is 19.5 Å². The van der Waals surface area contributed by atoms with Crippen molar-refractivity contribution in [1.29, 1.82) is 0 Å². The van der Waals surface area contributed by atoms with Gasteiger partial charge in [0.15, 0.2) is 0 Å². The Balaban J connectivity index is 1.68. The number of carbonyl (C=O) groups is 3. The lowest BCUT2D eigenvalue weighted by atomic mass is 9.97. The van der Waals surface area contributed by atoms with Crippen molar-refractivity contribution in [3.05, 3.63) is 35.6 Å². The molecule has 3 aliphatic rings. The molecule has 3 rings (SSSR count). The molecule has 0 aromatic rings. The summed E-state index contributed by atoms with van der Waals surface area (Å²) in [6.07, 6.45) is 8.80. The molecule has 2 aliphatic heterocycles. The smallest absolute Gasteiger partial charge is 0.352 e. The van der Waals surface area contributed by atoms with Crippen molar-refractivity contribution >= 4 is 29.5 Å². The van der Waals surface area contributed by atoms with E-state index < -0.39 is 35.2 Å². The van der Waals surface area contributed by atoms with Gasteiger partial charge in [-0.25, -0.2) is 4.79 Å². The number of nitrogens with one attached hydrogen (secondary N) is 1. The molecule has 7 nitrogen and oxygen atoms in total. The summed E-state index contributed by atoms with van der Waals surface area (Å²) in [7, 11) is 0. The molecule has 0 spiro atoms. The van der Waals surface area contributed by atoms with Gasteiger partial charge in [-0.05, 0) is 31.4 Å². The summed E-state index contributed by atoms with van der Waals surface area (Å²) >= 11 is 1.44. The van der Waals surface area contributed by atoms with Crippen LogP contribution in [0.1, 0.15) is 19.8 Å². The van der Waals surface area contributed by atoms with Crippen molar-refractivity contribution in [3.8, 4) is 0 Å². The highest BCUT2D eigenvalue weighted by atomic mass is 32.2. The van der Waals surface area contributed by atoms with E-state index in [1.807, 2.05) is 25.2 Å². The number of fused-ring (bicyclic) bond motifs is 1. The fourth-order valence-corrected chi connectivity index (χ4v) is 4.34. The lowest BCUT2D eigenvalue weighted by Crippen LogP contribution is -2.71. The molecule has 0 saturated carbocycles. The molecule has 2 amide bonds. The summed E-state index contributed by atoms with van der Waals surface area (Å²) < 4.78 is 0. The summed E-state index contributed by atoms with van der Waals surface area (Å²) in [5.74, 6) is -1.96. The van der Waals surface area contributed by atoms with Gasteiger partial charge in [0, 0.05) is 5.25 Å². The van der Waals surface area contributed by atoms with E-state index in [0.29, 0.717) is 6.42 Å². The van der Waals surface area contributed by atoms with E-state index in [0.717, 1.165) is 12.0 Å². The van der Waals surface area contributed by atoms with E-state index in [-0.39, 0.29) is 10.9 Å². The van der Waals surface area contributed by atoms with Crippen LogP contribution in [-0.2, 0) is 14.4 Å². The van der Waals surface area contributed by atoms with Gasteiger partial charge in [-0.3, -0.25) is 14.5 Å². The van der Waals surface area contributed by atoms with Crippen LogP contribution in [0.25, 0.3) is 0 Å². The molecule has 24 heavy (non-hydrogen) atoms. The van der Waals surface area contributed by atoms with E-state index in [4.69, 9.17) is 5.73 Å². The number of amides is 2. The summed E-state index contributed by atoms with van der Waals surface area (Å²) in [5, 5.41) is 11.5. The predicted molar refractivity (Wildman–Crippen MR) is 89.8 cm³/mol. The van der Waals surface area contributed by atoms with Gasteiger partial charge < -0.3 is 16.2 Å². The average molecular weight is 349 g/mol. The molecule has 8 heteroatoms. The van der Waals surface area contributed by atoms with Crippen molar-refractivity contribution in [2.24, 2.45) is 5.73 Å². The first-order valence-corrected chi connectivity index (χ1v) is 8.68. The van der Waals surface area contributed by atoms with Crippen LogP contribution in [0.4, 0.5) is 0 Å². The zero-order valence-electron chi connectivity index (χ0n) is 13.1. The highest BCUT2D eigenvalue weighted by molar-refractivity contribution is 8.00. The van der Waals surface area contributed by atoms with Crippen LogP contribution in [0, 0.1) is 0 Å². The van der Waals surface area contributed by atoms with Crippen molar-refractivity contribution < 1.29 is 19.5 Å². The molecular weight excluding hydrogens is 330 g/mol. The zero-order chi connectivity index (χ0) is 17.4. The second kappa shape index (κ2) is 6.45. The fraction of sp³-hybridized carbons (Fsp3) is 0.438. The van der Waals surface area contributed by atoms with Gasteiger partial charge in [0.25, 0.3) is 5.91 Å². The van der Waals surface area contributed by atoms with Crippen molar-refractivity contribution in [1.82, 2.24) is 10.2 Å². The quantitative estimate of drug-likeness (QED) is 0.498. The van der Waals surface area contributed by atoms with Crippen LogP contribution in [0.3, 0.4) is 0 Å². The summed E-state index contributed by atoms with van der Waals surface area (Å²) in [6, 6.07) is -1.53. The number of hydrogen-bond donors (Lipinski definition) is 3. The monoisotopic (exact) mass is 349 g/mol. The zero-order valence-corrected chi connectivity index (χ0v) is 14.0. The number of carboxylic acid groups (broad SMARTS) is 1. The summed E-state index contributed by atoms with van der Waals surface area (Å²) in [5.41, 5.74) is 6.79. The number of allylic oxidation sites excluding steroid dienone is 3. The van der Waals surface area contributed by atoms with Crippen molar-refractivity contribution in [3.63, 3.8) is 0 Å². The van der Waals surface area contributed by atoms with Crippen LogP contribution in [0.15, 0.2) is 35.6 Å². The Morgan fingerprint density at radius 2 is 2.21 bits per heavy atom. The van der Waals surface area contributed by atoms with Gasteiger partial charge >= 0.3 is 5.97 Å². The molecule has 0 bridgehead atoms. The number of β-lactam (4-membered cyclic amide) rings is 1. The van der Waals surface area contributed by atoms with Crippen LogP contribution >= 0.6 is 11.8 Å². The third-order valence-corrected chi connectivity index (χ3v) is 5.61. The molecule has 4 atom stereocenters. The van der Waals surface area contributed by atoms with Gasteiger partial charge in [-0.15, -0.1) is 11.8 Å². The van der Waals surface area contributed by atoms with E-state index in [2.05, 4.69) is 5.32 Å². The van der Waals surface area contributed by atoms with Crippen molar-refractivity contribution in [2.45, 2.75) is 42.5 Å². The van der Waals surface area contributed by atoms with Crippen LogP contribution in [0.5, 0.6) is 0 Å². The number of rotatable bonds is 4. The van der Waals surface area contributed by atoms with Gasteiger partial charge in [0.1, 0.15) is 23.2 Å². The first-order valence-electron chi connectivity index (χ1n) is 7.73. The van der Waals surface area contributed by atoms with Crippen LogP contribution in [-0.4, -0.2) is 50.5 Å². The lowest BCUT2D eigenvalue weighted by molar-refractivity contribution is -0.150. The minimum Gasteiger partial charge on any atom is -0.477 e. The maximum absolute atomic E-state index is 12.4. The molecular formula is C16H19N3O4S. The van der Waals surface area contributed by atoms with Gasteiger partial charge in [-0.2, -0.15) is 0 Å². The third kappa shape index (κ3) is 2.87. The lowest BCUT2D eigenvalue weighted by Gasteiger charge is -2.49. The highest BCUT2D eigenvalue weighted by Gasteiger charge is 2.54. The van der Waals surface area contributed by atoms with Crippen molar-refractivity contribution in [2.75, 3.05) is 0 Å². The van der Waals surface area contributed by atoms with E-state index >= 15 is 0 Å². The number of nitrogens with zero attached hydrogens (tertiary/aromatic N) is 1. The largest absolute Gasteiger partial charge is 0.477 e. The average Bonchev–Trinajstić information content (AvgIpc) is 2.58. The molecule has 1 fully saturated rings. The Kier molecular flexibility index (Phi) is 4.51. The number of nitrogens with two attached hydrogens (primary N) is 1. The summed E-state index contributed by atoms with van der Waals surface area (Å²) in [4.78, 5) is 37.1. The van der Waals surface area contributed by atoms with E-state index in [1.54, 1.807) is 6.08 Å². The Bertz CT molecular complexity index is 685. The second-order valence-electron chi connectivity index (χ2n) is 5.95. The normalized spacial score (nSPS) is 29.8. The molecule has 0 aromatic carbocycles. The molecule has 3 unspecified atom stereocenters. The number of carbonyl (C=O) groups excluding carboxylic acids is 2. The highest BCUT2D eigenvalue weighted by Crippen LogP contribution is 2.40. The predicted octanol–water partition coefficient (Wildman–Crippen LogP) is 0.347. The SMILES string of the molecule is CC1C=C(C(=O)O)N2C(=O)C(NC(=O)C(N)C3=CCC=CC3)[C@@H]2S1. The minimum absolute atomic E-state index is 0.0221. The van der Waals surface area contributed by atoms with Crippen LogP contribution in [0.2, 0.25) is 0 Å². The summed E-state index contributed by atoms with van der Waals surface area (Å²) in [6.45, 7) is 1.86. The fourth-order valence-electron chi connectivity index (χ4n) is 3.01. The first-order chi connectivity index (χ1) is 11.4. The Morgan fingerprint density at radius 1 is 1.46 bits per heavy atom. The van der Waals surface area contributed by atoms with Gasteiger partial charge in [0.05, 0.1) is 0 Å². The Labute approximate surface area is 143 Å². The molecule has 0 aromatic heterocycles. The molecule has 1 saturated heterocycles. The third-order valence-electron chi connectivity index (χ3n) is 4.28. The number of thioether (sulfide) groups is 1. The molecule has 2 heterocycles. The molecule has 0 radical (unpaired) electrons. The Morgan fingerprint density at radius 3 is 2.83 bits per heavy atom. The molecule has 1 aliphatic carbocycles. The minimum atomic E-state index is -1.14. The number of hydrogen-bond acceptors (Lipinski definition) is 5. The first kappa shape index (κ1) is 16.8. The maximum atomic E-state index is 12.4. The molecule has 4 N–H and O–H groups in total.